The molecule has 0 unspecified atom stereocenters. The standard InChI is InChI=1S/C13H24N4O2S/c1-3-12-14-10-13(16-12)20(18,19)15-6-9-17-7-4-11(2)5-8-17/h10-11,15H,3-9H2,1-2H3,(H,14,16). The Labute approximate surface area is 121 Å². The van der Waals surface area contributed by atoms with Crippen LogP contribution in [0.2, 0.25) is 0 Å². The summed E-state index contributed by atoms with van der Waals surface area (Å²) in [6.45, 7) is 7.53. The van der Waals surface area contributed by atoms with Gasteiger partial charge in [0.15, 0.2) is 5.03 Å². The van der Waals surface area contributed by atoms with Crippen LogP contribution in [0.3, 0.4) is 0 Å². The number of likely N-dealkylation sites (tertiary alicyclic amines) is 1. The Kier molecular flexibility index (Phi) is 5.17. The van der Waals surface area contributed by atoms with Gasteiger partial charge in [0.25, 0.3) is 10.0 Å². The van der Waals surface area contributed by atoms with Crippen molar-refractivity contribution in [2.45, 2.75) is 38.1 Å². The highest BCUT2D eigenvalue weighted by Crippen LogP contribution is 2.15. The zero-order valence-electron chi connectivity index (χ0n) is 12.2. The summed E-state index contributed by atoms with van der Waals surface area (Å²) in [6.07, 6.45) is 4.48. The van der Waals surface area contributed by atoms with E-state index in [0.717, 1.165) is 25.6 Å². The van der Waals surface area contributed by atoms with E-state index < -0.39 is 10.0 Å². The second-order valence-electron chi connectivity index (χ2n) is 5.47. The molecule has 0 bridgehead atoms. The molecule has 1 saturated heterocycles. The maximum atomic E-state index is 12.1. The zero-order chi connectivity index (χ0) is 14.6. The number of sulfonamides is 1. The molecule has 2 rings (SSSR count). The molecule has 0 aromatic carbocycles. The van der Waals surface area contributed by atoms with Crippen molar-refractivity contribution in [2.75, 3.05) is 26.2 Å². The maximum absolute atomic E-state index is 12.1. The predicted octanol–water partition coefficient (Wildman–Crippen LogP) is 0.982. The van der Waals surface area contributed by atoms with Crippen LogP contribution in [0, 0.1) is 5.92 Å². The first-order valence-electron chi connectivity index (χ1n) is 7.27. The van der Waals surface area contributed by atoms with Gasteiger partial charge in [0.1, 0.15) is 5.82 Å². The first-order valence-corrected chi connectivity index (χ1v) is 8.75. The Morgan fingerprint density at radius 2 is 2.15 bits per heavy atom. The number of nitrogens with zero attached hydrogens (tertiary/aromatic N) is 2. The van der Waals surface area contributed by atoms with Gasteiger partial charge in [-0.2, -0.15) is 0 Å². The zero-order valence-corrected chi connectivity index (χ0v) is 13.0. The van der Waals surface area contributed by atoms with Crippen LogP contribution in [0.25, 0.3) is 0 Å². The first-order chi connectivity index (χ1) is 9.51. The van der Waals surface area contributed by atoms with E-state index in [1.807, 2.05) is 6.92 Å². The lowest BCUT2D eigenvalue weighted by Crippen LogP contribution is -2.39. The van der Waals surface area contributed by atoms with Crippen LogP contribution in [-0.2, 0) is 16.4 Å². The highest BCUT2D eigenvalue weighted by molar-refractivity contribution is 7.89. The molecule has 0 amide bonds. The van der Waals surface area contributed by atoms with Crippen LogP contribution in [0.15, 0.2) is 11.2 Å². The number of H-pyrrole nitrogens is 1. The van der Waals surface area contributed by atoms with Crippen LogP contribution < -0.4 is 4.72 Å². The van der Waals surface area contributed by atoms with Gasteiger partial charge in [-0.15, -0.1) is 0 Å². The number of hydrogen-bond acceptors (Lipinski definition) is 4. The highest BCUT2D eigenvalue weighted by Gasteiger charge is 2.18. The lowest BCUT2D eigenvalue weighted by Gasteiger charge is -2.29. The summed E-state index contributed by atoms with van der Waals surface area (Å²) in [7, 11) is -3.46. The normalized spacial score (nSPS) is 18.5. The summed E-state index contributed by atoms with van der Waals surface area (Å²) in [5.74, 6) is 1.48. The molecule has 1 aliphatic heterocycles. The van der Waals surface area contributed by atoms with Crippen LogP contribution in [0.5, 0.6) is 0 Å². The van der Waals surface area contributed by atoms with Gasteiger partial charge >= 0.3 is 0 Å². The predicted molar refractivity (Wildman–Crippen MR) is 78.0 cm³/mol. The molecule has 0 aliphatic carbocycles. The molecule has 6 nitrogen and oxygen atoms in total. The monoisotopic (exact) mass is 300 g/mol. The molecular formula is C13H24N4O2S. The largest absolute Gasteiger partial charge is 0.332 e. The molecule has 0 saturated carbocycles. The third kappa shape index (κ3) is 4.04. The summed E-state index contributed by atoms with van der Waals surface area (Å²) in [6, 6.07) is 0. The number of piperidine rings is 1. The van der Waals surface area contributed by atoms with Crippen molar-refractivity contribution in [1.29, 1.82) is 0 Å². The average Bonchev–Trinajstić information content (AvgIpc) is 2.90. The number of aromatic nitrogens is 2. The molecule has 1 aromatic rings. The molecule has 0 spiro atoms. The fraction of sp³-hybridized carbons (Fsp3) is 0.769. The first kappa shape index (κ1) is 15.5. The lowest BCUT2D eigenvalue weighted by molar-refractivity contribution is 0.195. The highest BCUT2D eigenvalue weighted by atomic mass is 32.2. The fourth-order valence-electron chi connectivity index (χ4n) is 2.36. The number of rotatable bonds is 6. The van der Waals surface area contributed by atoms with Gasteiger partial charge in [-0.05, 0) is 31.8 Å². The molecule has 2 N–H and O–H groups in total. The van der Waals surface area contributed by atoms with Crippen LogP contribution in [0.1, 0.15) is 32.5 Å². The Hall–Kier alpha value is -0.920. The molecular weight excluding hydrogens is 276 g/mol. The third-order valence-corrected chi connectivity index (χ3v) is 5.20. The Balaban J connectivity index is 1.80. The number of imidazole rings is 1. The number of aromatic amines is 1. The second kappa shape index (κ2) is 6.69. The van der Waals surface area contributed by atoms with Crippen molar-refractivity contribution < 1.29 is 8.42 Å². The van der Waals surface area contributed by atoms with Gasteiger partial charge in [0.05, 0.1) is 6.20 Å². The van der Waals surface area contributed by atoms with E-state index >= 15 is 0 Å². The smallest absolute Gasteiger partial charge is 0.257 e. The van der Waals surface area contributed by atoms with E-state index in [1.165, 1.54) is 19.0 Å². The molecule has 1 fully saturated rings. The summed E-state index contributed by atoms with van der Waals surface area (Å²) < 4.78 is 26.7. The quantitative estimate of drug-likeness (QED) is 0.821. The fourth-order valence-corrected chi connectivity index (χ4v) is 3.32. The van der Waals surface area contributed by atoms with Crippen LogP contribution >= 0.6 is 0 Å². The minimum Gasteiger partial charge on any atom is -0.332 e. The SMILES string of the molecule is CCc1ncc(S(=O)(=O)NCCN2CCC(C)CC2)[nH]1. The molecule has 7 heteroatoms. The Morgan fingerprint density at radius 3 is 2.75 bits per heavy atom. The average molecular weight is 300 g/mol. The van der Waals surface area contributed by atoms with Gasteiger partial charge in [-0.1, -0.05) is 13.8 Å². The van der Waals surface area contributed by atoms with Crippen molar-refractivity contribution >= 4 is 10.0 Å². The molecule has 0 radical (unpaired) electrons. The lowest BCUT2D eigenvalue weighted by atomic mass is 9.99. The van der Waals surface area contributed by atoms with Crippen molar-refractivity contribution in [3.63, 3.8) is 0 Å². The minimum atomic E-state index is -3.46. The molecule has 0 atom stereocenters. The van der Waals surface area contributed by atoms with Gasteiger partial charge in [0, 0.05) is 19.5 Å². The van der Waals surface area contributed by atoms with Crippen molar-refractivity contribution in [3.05, 3.63) is 12.0 Å². The van der Waals surface area contributed by atoms with Gasteiger partial charge in [0.2, 0.25) is 0 Å². The van der Waals surface area contributed by atoms with Crippen LogP contribution in [0.4, 0.5) is 0 Å². The minimum absolute atomic E-state index is 0.154. The van der Waals surface area contributed by atoms with E-state index in [4.69, 9.17) is 0 Å². The topological polar surface area (TPSA) is 78.1 Å². The summed E-state index contributed by atoms with van der Waals surface area (Å²) in [5.41, 5.74) is 0. The van der Waals surface area contributed by atoms with Gasteiger partial charge in [-0.3, -0.25) is 0 Å². The van der Waals surface area contributed by atoms with E-state index in [9.17, 15) is 8.42 Å². The molecule has 114 valence electrons. The number of aryl methyl sites for hydroxylation is 1. The maximum Gasteiger partial charge on any atom is 0.257 e. The van der Waals surface area contributed by atoms with E-state index in [-0.39, 0.29) is 5.03 Å². The van der Waals surface area contributed by atoms with Crippen LogP contribution in [-0.4, -0.2) is 49.5 Å². The molecule has 1 aromatic heterocycles. The molecule has 1 aliphatic rings. The van der Waals surface area contributed by atoms with Gasteiger partial charge in [-0.25, -0.2) is 18.1 Å². The number of hydrogen-bond donors (Lipinski definition) is 2. The Bertz CT molecular complexity index is 518. The Morgan fingerprint density at radius 1 is 1.45 bits per heavy atom. The molecule has 20 heavy (non-hydrogen) atoms. The van der Waals surface area contributed by atoms with E-state index in [0.29, 0.717) is 18.8 Å². The second-order valence-corrected chi connectivity index (χ2v) is 7.21. The van der Waals surface area contributed by atoms with Crippen molar-refractivity contribution in [1.82, 2.24) is 19.6 Å². The van der Waals surface area contributed by atoms with Crippen molar-refractivity contribution in [3.8, 4) is 0 Å². The third-order valence-electron chi connectivity index (χ3n) is 3.83. The van der Waals surface area contributed by atoms with Crippen molar-refractivity contribution in [2.24, 2.45) is 5.92 Å². The van der Waals surface area contributed by atoms with E-state index in [2.05, 4.69) is 26.5 Å². The summed E-state index contributed by atoms with van der Waals surface area (Å²) in [5, 5.41) is 0.154. The molecule has 2 heterocycles. The summed E-state index contributed by atoms with van der Waals surface area (Å²) >= 11 is 0. The summed E-state index contributed by atoms with van der Waals surface area (Å²) in [4.78, 5) is 9.16. The van der Waals surface area contributed by atoms with E-state index in [1.54, 1.807) is 0 Å². The number of nitrogens with one attached hydrogen (secondary N) is 2. The van der Waals surface area contributed by atoms with Gasteiger partial charge < -0.3 is 9.88 Å².